The molecule has 132 valence electrons. The Balaban J connectivity index is 1.92. The Labute approximate surface area is 145 Å². The van der Waals surface area contributed by atoms with Crippen molar-refractivity contribution in [1.29, 1.82) is 0 Å². The molecular weight excluding hydrogens is 276 g/mol. The van der Waals surface area contributed by atoms with Gasteiger partial charge in [0.05, 0.1) is 0 Å². The van der Waals surface area contributed by atoms with E-state index in [1.54, 1.807) is 0 Å². The van der Waals surface area contributed by atoms with Crippen molar-refractivity contribution in [3.63, 3.8) is 0 Å². The summed E-state index contributed by atoms with van der Waals surface area (Å²) in [5, 5.41) is 0. The van der Waals surface area contributed by atoms with Crippen LogP contribution in [0, 0.1) is 40.4 Å². The summed E-state index contributed by atoms with van der Waals surface area (Å²) in [7, 11) is 0. The van der Waals surface area contributed by atoms with Gasteiger partial charge >= 0.3 is 0 Å². The predicted octanol–water partition coefficient (Wildman–Crippen LogP) is 7.25. The molecule has 0 aromatic carbocycles. The lowest BCUT2D eigenvalue weighted by Crippen LogP contribution is -2.52. The monoisotopic (exact) mass is 316 g/mol. The van der Waals surface area contributed by atoms with Crippen LogP contribution in [0.15, 0.2) is 12.7 Å². The van der Waals surface area contributed by atoms with E-state index in [0.29, 0.717) is 10.8 Å². The van der Waals surface area contributed by atoms with Gasteiger partial charge in [-0.05, 0) is 91.8 Å². The maximum Gasteiger partial charge on any atom is -0.0179 e. The zero-order valence-corrected chi connectivity index (χ0v) is 16.2. The van der Waals surface area contributed by atoms with E-state index in [1.165, 1.54) is 64.2 Å². The second kappa shape index (κ2) is 6.57. The van der Waals surface area contributed by atoms with Crippen LogP contribution in [0.4, 0.5) is 0 Å². The molecule has 0 N–H and O–H groups in total. The molecule has 0 bridgehead atoms. The van der Waals surface area contributed by atoms with Gasteiger partial charge in [0.25, 0.3) is 0 Å². The molecule has 3 fully saturated rings. The number of fused-ring (bicyclic) bond motifs is 3. The van der Waals surface area contributed by atoms with Crippen molar-refractivity contribution in [2.45, 2.75) is 91.9 Å². The molecule has 3 rings (SSSR count). The number of hydrogen-bond donors (Lipinski definition) is 0. The van der Waals surface area contributed by atoms with Crippen LogP contribution in [-0.4, -0.2) is 0 Å². The van der Waals surface area contributed by atoms with Crippen LogP contribution in [0.1, 0.15) is 91.9 Å². The minimum Gasteiger partial charge on any atom is -0.103 e. The van der Waals surface area contributed by atoms with Crippen LogP contribution in [0.3, 0.4) is 0 Å². The average molecular weight is 317 g/mol. The second-order valence-electron chi connectivity index (χ2n) is 9.36. The van der Waals surface area contributed by atoms with E-state index in [1.807, 2.05) is 0 Å². The fraction of sp³-hybridized carbons (Fsp3) is 0.913. The molecule has 3 saturated carbocycles. The Hall–Kier alpha value is -0.260. The van der Waals surface area contributed by atoms with E-state index < -0.39 is 0 Å². The molecule has 0 nitrogen and oxygen atoms in total. The topological polar surface area (TPSA) is 0 Å². The number of rotatable bonds is 5. The largest absolute Gasteiger partial charge is 0.103 e. The molecule has 0 aliphatic heterocycles. The zero-order chi connectivity index (χ0) is 16.7. The van der Waals surface area contributed by atoms with Gasteiger partial charge in [-0.3, -0.25) is 0 Å². The van der Waals surface area contributed by atoms with Crippen LogP contribution in [0.2, 0.25) is 0 Å². The van der Waals surface area contributed by atoms with E-state index in [2.05, 4.69) is 40.3 Å². The summed E-state index contributed by atoms with van der Waals surface area (Å²) in [6.07, 6.45) is 16.9. The third-order valence-corrected chi connectivity index (χ3v) is 9.06. The van der Waals surface area contributed by atoms with Gasteiger partial charge in [0.15, 0.2) is 0 Å². The van der Waals surface area contributed by atoms with Crippen LogP contribution in [0.5, 0.6) is 0 Å². The Kier molecular flexibility index (Phi) is 5.01. The molecule has 3 aliphatic carbocycles. The normalized spacial score (nSPS) is 49.5. The molecule has 0 spiro atoms. The molecule has 0 saturated heterocycles. The summed E-state index contributed by atoms with van der Waals surface area (Å²) in [6.45, 7) is 14.2. The van der Waals surface area contributed by atoms with Gasteiger partial charge < -0.3 is 0 Å². The van der Waals surface area contributed by atoms with E-state index in [-0.39, 0.29) is 0 Å². The minimum atomic E-state index is 0.577. The fourth-order valence-electron chi connectivity index (χ4n) is 8.01. The number of hydrogen-bond acceptors (Lipinski definition) is 0. The van der Waals surface area contributed by atoms with Crippen LogP contribution < -0.4 is 0 Å². The molecule has 3 aliphatic rings. The standard InChI is InChI=1S/C23H40/c1-6-15-23(9-4)18(8-3)10-12-19-20-13-11-17(7-2)22(20,5)16-14-21(19)23/h7,17-21H,2,6,8-16H2,1,3-5H3. The average Bonchev–Trinajstić information content (AvgIpc) is 2.91. The van der Waals surface area contributed by atoms with E-state index in [0.717, 1.165) is 29.6 Å². The first-order valence-corrected chi connectivity index (χ1v) is 10.7. The molecule has 7 atom stereocenters. The molecule has 23 heavy (non-hydrogen) atoms. The first kappa shape index (κ1) is 17.6. The van der Waals surface area contributed by atoms with Gasteiger partial charge in [0.2, 0.25) is 0 Å². The maximum absolute atomic E-state index is 4.18. The zero-order valence-electron chi connectivity index (χ0n) is 16.2. The summed E-state index contributed by atoms with van der Waals surface area (Å²) in [5.74, 6) is 4.82. The summed E-state index contributed by atoms with van der Waals surface area (Å²) < 4.78 is 0. The lowest BCUT2D eigenvalue weighted by molar-refractivity contribution is -0.108. The predicted molar refractivity (Wildman–Crippen MR) is 101 cm³/mol. The van der Waals surface area contributed by atoms with Crippen LogP contribution in [-0.2, 0) is 0 Å². The Morgan fingerprint density at radius 1 is 1.00 bits per heavy atom. The quantitative estimate of drug-likeness (QED) is 0.469. The molecule has 0 aromatic heterocycles. The third-order valence-electron chi connectivity index (χ3n) is 9.06. The second-order valence-corrected chi connectivity index (χ2v) is 9.36. The van der Waals surface area contributed by atoms with E-state index >= 15 is 0 Å². The van der Waals surface area contributed by atoms with Crippen molar-refractivity contribution >= 4 is 0 Å². The highest BCUT2D eigenvalue weighted by atomic mass is 14.6. The van der Waals surface area contributed by atoms with Crippen molar-refractivity contribution in [1.82, 2.24) is 0 Å². The molecule has 0 heteroatoms. The van der Waals surface area contributed by atoms with Crippen molar-refractivity contribution in [2.75, 3.05) is 0 Å². The lowest BCUT2D eigenvalue weighted by atomic mass is 9.45. The first-order chi connectivity index (χ1) is 11.1. The molecule has 0 heterocycles. The summed E-state index contributed by atoms with van der Waals surface area (Å²) in [6, 6.07) is 0. The van der Waals surface area contributed by atoms with Gasteiger partial charge in [-0.1, -0.05) is 46.6 Å². The SMILES string of the molecule is C=CC1CCC2C3CCC(CC)C(CC)(CCC)C3CCC12C. The highest BCUT2D eigenvalue weighted by molar-refractivity contribution is 5.11. The summed E-state index contributed by atoms with van der Waals surface area (Å²) in [5.41, 5.74) is 1.24. The van der Waals surface area contributed by atoms with Gasteiger partial charge in [-0.15, -0.1) is 6.58 Å². The number of allylic oxidation sites excluding steroid dienone is 1. The maximum atomic E-state index is 4.18. The highest BCUT2D eigenvalue weighted by Crippen LogP contribution is 2.67. The minimum absolute atomic E-state index is 0.577. The molecular formula is C23H40. The Bertz CT molecular complexity index is 424. The smallest absolute Gasteiger partial charge is 0.0179 e. The summed E-state index contributed by atoms with van der Waals surface area (Å²) in [4.78, 5) is 0. The van der Waals surface area contributed by atoms with Crippen LogP contribution >= 0.6 is 0 Å². The van der Waals surface area contributed by atoms with Gasteiger partial charge in [0.1, 0.15) is 0 Å². The van der Waals surface area contributed by atoms with Gasteiger partial charge in [0, 0.05) is 0 Å². The first-order valence-electron chi connectivity index (χ1n) is 10.7. The molecule has 0 amide bonds. The molecule has 7 unspecified atom stereocenters. The van der Waals surface area contributed by atoms with E-state index in [4.69, 9.17) is 0 Å². The Morgan fingerprint density at radius 3 is 2.39 bits per heavy atom. The Morgan fingerprint density at radius 2 is 1.78 bits per heavy atom. The highest BCUT2D eigenvalue weighted by Gasteiger charge is 2.59. The van der Waals surface area contributed by atoms with E-state index in [9.17, 15) is 0 Å². The third kappa shape index (κ3) is 2.46. The fourth-order valence-corrected chi connectivity index (χ4v) is 8.01. The lowest BCUT2D eigenvalue weighted by Gasteiger charge is -2.60. The van der Waals surface area contributed by atoms with Crippen molar-refractivity contribution in [2.24, 2.45) is 40.4 Å². The molecule has 0 aromatic rings. The van der Waals surface area contributed by atoms with Crippen LogP contribution in [0.25, 0.3) is 0 Å². The van der Waals surface area contributed by atoms with Crippen molar-refractivity contribution < 1.29 is 0 Å². The summed E-state index contributed by atoms with van der Waals surface area (Å²) >= 11 is 0. The van der Waals surface area contributed by atoms with Crippen molar-refractivity contribution in [3.8, 4) is 0 Å². The van der Waals surface area contributed by atoms with Gasteiger partial charge in [-0.2, -0.15) is 0 Å². The molecule has 0 radical (unpaired) electrons. The van der Waals surface area contributed by atoms with Gasteiger partial charge in [-0.25, -0.2) is 0 Å². The van der Waals surface area contributed by atoms with Crippen molar-refractivity contribution in [3.05, 3.63) is 12.7 Å².